The molecule has 20 heavy (non-hydrogen) atoms. The Labute approximate surface area is 120 Å². The highest BCUT2D eigenvalue weighted by atomic mass is 16.1. The van der Waals surface area contributed by atoms with Gasteiger partial charge in [-0.25, -0.2) is 0 Å². The van der Waals surface area contributed by atoms with Crippen LogP contribution in [0.3, 0.4) is 0 Å². The summed E-state index contributed by atoms with van der Waals surface area (Å²) in [4.78, 5) is 16.5. The smallest absolute Gasteiger partial charge is 0.187 e. The molecule has 0 aliphatic rings. The minimum Gasteiger partial charge on any atom is -0.292 e. The summed E-state index contributed by atoms with van der Waals surface area (Å²) in [6.07, 6.45) is 6.45. The number of aromatic nitrogens is 1. The Morgan fingerprint density at radius 2 is 1.80 bits per heavy atom. The van der Waals surface area contributed by atoms with Gasteiger partial charge in [-0.1, -0.05) is 62.4 Å². The molecule has 0 aliphatic carbocycles. The molecule has 0 N–H and O–H groups in total. The first-order valence-corrected chi connectivity index (χ1v) is 6.77. The Morgan fingerprint density at radius 3 is 2.45 bits per heavy atom. The molecular formula is C18H19NO. The van der Waals surface area contributed by atoms with E-state index < -0.39 is 5.41 Å². The molecule has 1 heterocycles. The van der Waals surface area contributed by atoms with E-state index >= 15 is 0 Å². The number of hydrogen-bond acceptors (Lipinski definition) is 2. The van der Waals surface area contributed by atoms with Crippen molar-refractivity contribution < 1.29 is 4.79 Å². The molecule has 0 aliphatic heterocycles. The molecule has 0 radical (unpaired) electrons. The van der Waals surface area contributed by atoms with Crippen LogP contribution in [0.15, 0.2) is 60.8 Å². The third kappa shape index (κ3) is 3.64. The quantitative estimate of drug-likeness (QED) is 0.750. The predicted molar refractivity (Wildman–Crippen MR) is 82.4 cm³/mol. The van der Waals surface area contributed by atoms with Crippen molar-refractivity contribution in [3.05, 3.63) is 72.1 Å². The molecule has 2 heteroatoms. The highest BCUT2D eigenvalue weighted by molar-refractivity contribution is 5.98. The van der Waals surface area contributed by atoms with Crippen molar-refractivity contribution in [1.29, 1.82) is 0 Å². The second-order valence-corrected chi connectivity index (χ2v) is 5.45. The molecule has 2 aromatic rings. The fourth-order valence-electron chi connectivity index (χ4n) is 1.99. The van der Waals surface area contributed by atoms with Crippen molar-refractivity contribution >= 4 is 11.9 Å². The van der Waals surface area contributed by atoms with Gasteiger partial charge >= 0.3 is 0 Å². The summed E-state index contributed by atoms with van der Waals surface area (Å²) in [5.74, 6) is 0.0795. The summed E-state index contributed by atoms with van der Waals surface area (Å²) < 4.78 is 0. The maximum absolute atomic E-state index is 12.4. The Balaban J connectivity index is 2.04. The standard InChI is InChI=1S/C18H19NO/c1-18(2,17(20)16-12-6-7-14-19-16)13-8-11-15-9-4-3-5-10-15/h3-12,14H,13H2,1-2H3/b11-8+. The molecule has 0 saturated heterocycles. The molecule has 0 spiro atoms. The van der Waals surface area contributed by atoms with E-state index in [0.29, 0.717) is 12.1 Å². The van der Waals surface area contributed by atoms with Crippen LogP contribution in [-0.2, 0) is 0 Å². The van der Waals surface area contributed by atoms with E-state index in [-0.39, 0.29) is 5.78 Å². The van der Waals surface area contributed by atoms with Crippen molar-refractivity contribution in [3.8, 4) is 0 Å². The number of pyridine rings is 1. The summed E-state index contributed by atoms with van der Waals surface area (Å²) in [5, 5.41) is 0. The Kier molecular flexibility index (Phi) is 4.46. The number of rotatable bonds is 5. The van der Waals surface area contributed by atoms with E-state index in [2.05, 4.69) is 11.1 Å². The van der Waals surface area contributed by atoms with Crippen LogP contribution >= 0.6 is 0 Å². The fraction of sp³-hybridized carbons (Fsp3) is 0.222. The van der Waals surface area contributed by atoms with Crippen molar-refractivity contribution in [2.24, 2.45) is 5.41 Å². The first-order chi connectivity index (χ1) is 9.59. The van der Waals surface area contributed by atoms with Gasteiger partial charge in [0.15, 0.2) is 5.78 Å². The number of benzene rings is 1. The summed E-state index contributed by atoms with van der Waals surface area (Å²) >= 11 is 0. The lowest BCUT2D eigenvalue weighted by Crippen LogP contribution is -2.24. The lowest BCUT2D eigenvalue weighted by molar-refractivity contribution is 0.0835. The number of carbonyl (C=O) groups is 1. The van der Waals surface area contributed by atoms with Gasteiger partial charge < -0.3 is 0 Å². The van der Waals surface area contributed by atoms with Crippen molar-refractivity contribution in [2.45, 2.75) is 20.3 Å². The van der Waals surface area contributed by atoms with Crippen molar-refractivity contribution in [3.63, 3.8) is 0 Å². The number of Topliss-reactive ketones (excluding diaryl/α,β-unsaturated/α-hetero) is 1. The zero-order chi connectivity index (χ0) is 14.4. The van der Waals surface area contributed by atoms with Crippen LogP contribution in [0.4, 0.5) is 0 Å². The van der Waals surface area contributed by atoms with E-state index in [1.54, 1.807) is 12.3 Å². The number of carbonyl (C=O) groups excluding carboxylic acids is 1. The number of nitrogens with zero attached hydrogens (tertiary/aromatic N) is 1. The molecule has 0 bridgehead atoms. The third-order valence-electron chi connectivity index (χ3n) is 3.25. The van der Waals surface area contributed by atoms with E-state index in [1.807, 2.05) is 62.4 Å². The monoisotopic (exact) mass is 265 g/mol. The van der Waals surface area contributed by atoms with Crippen molar-refractivity contribution in [1.82, 2.24) is 4.98 Å². The van der Waals surface area contributed by atoms with Crippen molar-refractivity contribution in [2.75, 3.05) is 0 Å². The largest absolute Gasteiger partial charge is 0.292 e. The normalized spacial score (nSPS) is 11.7. The van der Waals surface area contributed by atoms with Gasteiger partial charge in [-0.05, 0) is 24.1 Å². The average molecular weight is 265 g/mol. The minimum absolute atomic E-state index is 0.0795. The van der Waals surface area contributed by atoms with Gasteiger partial charge in [0.1, 0.15) is 5.69 Å². The second-order valence-electron chi connectivity index (χ2n) is 5.45. The molecule has 0 amide bonds. The molecule has 0 atom stereocenters. The van der Waals surface area contributed by atoms with Crippen LogP contribution in [0.2, 0.25) is 0 Å². The van der Waals surface area contributed by atoms with Gasteiger partial charge in [0.25, 0.3) is 0 Å². The fourth-order valence-corrected chi connectivity index (χ4v) is 1.99. The molecule has 1 aromatic carbocycles. The zero-order valence-electron chi connectivity index (χ0n) is 11.9. The van der Waals surface area contributed by atoms with E-state index in [9.17, 15) is 4.79 Å². The molecule has 1 aromatic heterocycles. The zero-order valence-corrected chi connectivity index (χ0v) is 11.9. The van der Waals surface area contributed by atoms with Gasteiger partial charge in [0.05, 0.1) is 0 Å². The predicted octanol–water partition coefficient (Wildman–Crippen LogP) is 4.39. The summed E-state index contributed by atoms with van der Waals surface area (Å²) in [6.45, 7) is 3.92. The number of ketones is 1. The van der Waals surface area contributed by atoms with Crippen LogP contribution in [0.5, 0.6) is 0 Å². The first-order valence-electron chi connectivity index (χ1n) is 6.77. The van der Waals surface area contributed by atoms with Crippen LogP contribution in [0.1, 0.15) is 36.3 Å². The minimum atomic E-state index is -0.445. The molecule has 2 rings (SSSR count). The highest BCUT2D eigenvalue weighted by Gasteiger charge is 2.27. The van der Waals surface area contributed by atoms with E-state index in [0.717, 1.165) is 5.56 Å². The van der Waals surface area contributed by atoms with Gasteiger partial charge in [-0.2, -0.15) is 0 Å². The Bertz CT molecular complexity index is 585. The lowest BCUT2D eigenvalue weighted by Gasteiger charge is -2.20. The summed E-state index contributed by atoms with van der Waals surface area (Å²) in [5.41, 5.74) is 1.24. The highest BCUT2D eigenvalue weighted by Crippen LogP contribution is 2.26. The molecule has 0 fully saturated rings. The first kappa shape index (κ1) is 14.2. The van der Waals surface area contributed by atoms with Gasteiger partial charge in [-0.15, -0.1) is 0 Å². The van der Waals surface area contributed by atoms with E-state index in [4.69, 9.17) is 0 Å². The Morgan fingerprint density at radius 1 is 1.10 bits per heavy atom. The van der Waals surface area contributed by atoms with Crippen LogP contribution in [-0.4, -0.2) is 10.8 Å². The molecule has 0 unspecified atom stereocenters. The SMILES string of the molecule is CC(C)(C/C=C/c1ccccc1)C(=O)c1ccccn1. The lowest BCUT2D eigenvalue weighted by atomic mass is 9.82. The average Bonchev–Trinajstić information content (AvgIpc) is 2.48. The van der Waals surface area contributed by atoms with Crippen LogP contribution < -0.4 is 0 Å². The van der Waals surface area contributed by atoms with Gasteiger partial charge in [0, 0.05) is 11.6 Å². The molecule has 2 nitrogen and oxygen atoms in total. The molecular weight excluding hydrogens is 246 g/mol. The topological polar surface area (TPSA) is 30.0 Å². The summed E-state index contributed by atoms with van der Waals surface area (Å²) in [7, 11) is 0. The number of allylic oxidation sites excluding steroid dienone is 1. The molecule has 102 valence electrons. The maximum Gasteiger partial charge on any atom is 0.187 e. The van der Waals surface area contributed by atoms with E-state index in [1.165, 1.54) is 0 Å². The Hall–Kier alpha value is -2.22. The van der Waals surface area contributed by atoms with Crippen LogP contribution in [0, 0.1) is 5.41 Å². The van der Waals surface area contributed by atoms with Gasteiger partial charge in [0.2, 0.25) is 0 Å². The number of hydrogen-bond donors (Lipinski definition) is 0. The summed E-state index contributed by atoms with van der Waals surface area (Å²) in [6, 6.07) is 15.5. The van der Waals surface area contributed by atoms with Crippen LogP contribution in [0.25, 0.3) is 6.08 Å². The second kappa shape index (κ2) is 6.29. The molecule has 0 saturated carbocycles. The third-order valence-corrected chi connectivity index (χ3v) is 3.25. The van der Waals surface area contributed by atoms with Gasteiger partial charge in [-0.3, -0.25) is 9.78 Å². The maximum atomic E-state index is 12.4.